The Morgan fingerprint density at radius 2 is 1.81 bits per heavy atom. The number of hydrogen-bond donors (Lipinski definition) is 1. The van der Waals surface area contributed by atoms with Crippen LogP contribution in [0.4, 0.5) is 0 Å². The maximum atomic E-state index is 12.5. The molecular weight excluding hydrogens is 260 g/mol. The van der Waals surface area contributed by atoms with Gasteiger partial charge in [-0.15, -0.1) is 0 Å². The van der Waals surface area contributed by atoms with Gasteiger partial charge in [0.05, 0.1) is 6.04 Å². The number of benzene rings is 1. The first-order valence-electron chi connectivity index (χ1n) is 7.96. The first-order chi connectivity index (χ1) is 9.88. The minimum absolute atomic E-state index is 0.103. The number of carbonyl (C=O) groups excluding carboxylic acids is 1. The van der Waals surface area contributed by atoms with Crippen LogP contribution in [-0.4, -0.2) is 29.9 Å². The number of nitrogens with zero attached hydrogens (tertiary/aromatic N) is 1. The van der Waals surface area contributed by atoms with Crippen LogP contribution in [-0.2, 0) is 11.2 Å². The van der Waals surface area contributed by atoms with Gasteiger partial charge in [0.25, 0.3) is 0 Å². The maximum absolute atomic E-state index is 12.5. The third-order valence-corrected chi connectivity index (χ3v) is 4.65. The zero-order valence-electron chi connectivity index (χ0n) is 13.5. The van der Waals surface area contributed by atoms with Crippen molar-refractivity contribution in [1.29, 1.82) is 0 Å². The summed E-state index contributed by atoms with van der Waals surface area (Å²) in [6, 6.07) is 9.59. The quantitative estimate of drug-likeness (QED) is 0.929. The molecule has 1 aliphatic rings. The first kappa shape index (κ1) is 16.0. The van der Waals surface area contributed by atoms with Gasteiger partial charge >= 0.3 is 0 Å². The van der Waals surface area contributed by atoms with Crippen LogP contribution in [0.15, 0.2) is 30.3 Å². The fourth-order valence-corrected chi connectivity index (χ4v) is 3.16. The van der Waals surface area contributed by atoms with E-state index in [0.29, 0.717) is 17.8 Å². The van der Waals surface area contributed by atoms with Crippen molar-refractivity contribution in [2.24, 2.45) is 17.1 Å². The summed E-state index contributed by atoms with van der Waals surface area (Å²) in [5.74, 6) is 0.804. The van der Waals surface area contributed by atoms with E-state index in [1.165, 1.54) is 0 Å². The lowest BCUT2D eigenvalue weighted by atomic mass is 9.75. The van der Waals surface area contributed by atoms with E-state index < -0.39 is 6.04 Å². The molecule has 21 heavy (non-hydrogen) atoms. The Morgan fingerprint density at radius 3 is 2.33 bits per heavy atom. The molecule has 1 fully saturated rings. The minimum atomic E-state index is -0.418. The van der Waals surface area contributed by atoms with Gasteiger partial charge in [0, 0.05) is 13.1 Å². The Labute approximate surface area is 128 Å². The second-order valence-electron chi connectivity index (χ2n) is 7.26. The van der Waals surface area contributed by atoms with E-state index >= 15 is 0 Å². The first-order valence-corrected chi connectivity index (χ1v) is 7.96. The van der Waals surface area contributed by atoms with Crippen molar-refractivity contribution < 1.29 is 4.79 Å². The number of piperidine rings is 1. The number of likely N-dealkylation sites (tertiary alicyclic amines) is 1. The fourth-order valence-electron chi connectivity index (χ4n) is 3.16. The van der Waals surface area contributed by atoms with Crippen LogP contribution in [0.25, 0.3) is 0 Å². The summed E-state index contributed by atoms with van der Waals surface area (Å²) in [5.41, 5.74) is 7.57. The summed E-state index contributed by atoms with van der Waals surface area (Å²) in [6.45, 7) is 8.56. The predicted octanol–water partition coefficient (Wildman–Crippen LogP) is 2.84. The largest absolute Gasteiger partial charge is 0.341 e. The lowest BCUT2D eigenvalue weighted by Gasteiger charge is -2.39. The van der Waals surface area contributed by atoms with Crippen molar-refractivity contribution in [2.45, 2.75) is 46.1 Å². The van der Waals surface area contributed by atoms with Crippen LogP contribution < -0.4 is 5.73 Å². The smallest absolute Gasteiger partial charge is 0.239 e. The molecule has 1 aromatic carbocycles. The van der Waals surface area contributed by atoms with Crippen LogP contribution in [0, 0.1) is 11.3 Å². The number of nitrogens with two attached hydrogens (primary N) is 1. The van der Waals surface area contributed by atoms with Gasteiger partial charge in [-0.25, -0.2) is 0 Å². The average molecular weight is 288 g/mol. The van der Waals surface area contributed by atoms with Gasteiger partial charge in [-0.05, 0) is 36.2 Å². The van der Waals surface area contributed by atoms with E-state index in [4.69, 9.17) is 5.73 Å². The number of carbonyl (C=O) groups is 1. The summed E-state index contributed by atoms with van der Waals surface area (Å²) in [4.78, 5) is 14.4. The van der Waals surface area contributed by atoms with Crippen LogP contribution in [0.5, 0.6) is 0 Å². The molecule has 1 unspecified atom stereocenters. The van der Waals surface area contributed by atoms with Crippen LogP contribution in [0.2, 0.25) is 0 Å². The van der Waals surface area contributed by atoms with Gasteiger partial charge in [-0.3, -0.25) is 4.79 Å². The third kappa shape index (κ3) is 4.31. The van der Waals surface area contributed by atoms with Gasteiger partial charge in [-0.1, -0.05) is 51.1 Å². The van der Waals surface area contributed by atoms with Crippen molar-refractivity contribution in [3.8, 4) is 0 Å². The van der Waals surface area contributed by atoms with Gasteiger partial charge < -0.3 is 10.6 Å². The average Bonchev–Trinajstić information content (AvgIpc) is 2.46. The Bertz CT molecular complexity index is 456. The molecule has 0 bridgehead atoms. The molecule has 1 atom stereocenters. The van der Waals surface area contributed by atoms with Crippen molar-refractivity contribution in [1.82, 2.24) is 4.90 Å². The van der Waals surface area contributed by atoms with Crippen LogP contribution in [0.1, 0.15) is 39.2 Å². The molecule has 0 saturated carbocycles. The highest BCUT2D eigenvalue weighted by atomic mass is 16.2. The Morgan fingerprint density at radius 1 is 1.24 bits per heavy atom. The van der Waals surface area contributed by atoms with E-state index in [9.17, 15) is 4.79 Å². The molecular formula is C18H28N2O. The summed E-state index contributed by atoms with van der Waals surface area (Å²) in [5, 5.41) is 0. The Balaban J connectivity index is 1.87. The molecule has 1 heterocycles. The van der Waals surface area contributed by atoms with E-state index in [1.807, 2.05) is 35.2 Å². The summed E-state index contributed by atoms with van der Waals surface area (Å²) >= 11 is 0. The van der Waals surface area contributed by atoms with Crippen LogP contribution in [0.3, 0.4) is 0 Å². The highest BCUT2D eigenvalue weighted by molar-refractivity contribution is 5.82. The lowest BCUT2D eigenvalue weighted by Crippen LogP contribution is -2.49. The van der Waals surface area contributed by atoms with E-state index in [0.717, 1.165) is 31.5 Å². The number of rotatable bonds is 3. The van der Waals surface area contributed by atoms with Gasteiger partial charge in [0.2, 0.25) is 5.91 Å². The summed E-state index contributed by atoms with van der Waals surface area (Å²) in [7, 11) is 0. The number of amides is 1. The standard InChI is InChI=1S/C18H28N2O/c1-18(2,3)15-9-11-20(12-10-15)17(21)16(19)13-14-7-5-4-6-8-14/h4-8,15-16H,9-13,19H2,1-3H3. The zero-order valence-corrected chi connectivity index (χ0v) is 13.5. The van der Waals surface area contributed by atoms with Gasteiger partial charge in [0.15, 0.2) is 0 Å². The molecule has 1 amide bonds. The molecule has 0 aromatic heterocycles. The molecule has 0 aliphatic carbocycles. The Hall–Kier alpha value is -1.35. The lowest BCUT2D eigenvalue weighted by molar-refractivity contribution is -0.134. The molecule has 1 aromatic rings. The number of hydrogen-bond acceptors (Lipinski definition) is 2. The van der Waals surface area contributed by atoms with Crippen molar-refractivity contribution in [3.63, 3.8) is 0 Å². The van der Waals surface area contributed by atoms with Gasteiger partial charge in [-0.2, -0.15) is 0 Å². The summed E-state index contributed by atoms with van der Waals surface area (Å²) < 4.78 is 0. The highest BCUT2D eigenvalue weighted by Crippen LogP contribution is 2.34. The monoisotopic (exact) mass is 288 g/mol. The van der Waals surface area contributed by atoms with Crippen LogP contribution >= 0.6 is 0 Å². The normalized spacial score (nSPS) is 18.6. The predicted molar refractivity (Wildman–Crippen MR) is 86.9 cm³/mol. The molecule has 116 valence electrons. The highest BCUT2D eigenvalue weighted by Gasteiger charge is 2.31. The molecule has 2 rings (SSSR count). The topological polar surface area (TPSA) is 46.3 Å². The second-order valence-corrected chi connectivity index (χ2v) is 7.26. The molecule has 0 radical (unpaired) electrons. The van der Waals surface area contributed by atoms with E-state index in [-0.39, 0.29) is 5.91 Å². The molecule has 3 heteroatoms. The van der Waals surface area contributed by atoms with Crippen molar-refractivity contribution in [3.05, 3.63) is 35.9 Å². The maximum Gasteiger partial charge on any atom is 0.239 e. The molecule has 3 nitrogen and oxygen atoms in total. The SMILES string of the molecule is CC(C)(C)C1CCN(C(=O)C(N)Cc2ccccc2)CC1. The molecule has 1 saturated heterocycles. The van der Waals surface area contributed by atoms with Gasteiger partial charge in [0.1, 0.15) is 0 Å². The molecule has 1 aliphatic heterocycles. The molecule has 0 spiro atoms. The van der Waals surface area contributed by atoms with Crippen molar-refractivity contribution in [2.75, 3.05) is 13.1 Å². The van der Waals surface area contributed by atoms with E-state index in [2.05, 4.69) is 20.8 Å². The zero-order chi connectivity index (χ0) is 15.5. The minimum Gasteiger partial charge on any atom is -0.341 e. The Kier molecular flexibility index (Phi) is 5.04. The third-order valence-electron chi connectivity index (χ3n) is 4.65. The van der Waals surface area contributed by atoms with Crippen molar-refractivity contribution >= 4 is 5.91 Å². The van der Waals surface area contributed by atoms with E-state index in [1.54, 1.807) is 0 Å². The fraction of sp³-hybridized carbons (Fsp3) is 0.611. The second kappa shape index (κ2) is 6.61. The molecule has 2 N–H and O–H groups in total. The summed E-state index contributed by atoms with van der Waals surface area (Å²) in [6.07, 6.45) is 2.81.